The van der Waals surface area contributed by atoms with E-state index in [-0.39, 0.29) is 24.7 Å². The van der Waals surface area contributed by atoms with E-state index in [4.69, 9.17) is 0 Å². The highest BCUT2D eigenvalue weighted by Crippen LogP contribution is 2.27. The SMILES string of the molecule is CCC(=NNC(=O)CCC(=O)N1CCCc2ccccc21)c1ccccc1. The van der Waals surface area contributed by atoms with Gasteiger partial charge in [-0.1, -0.05) is 55.5 Å². The van der Waals surface area contributed by atoms with Gasteiger partial charge in [0.25, 0.3) is 0 Å². The Kier molecular flexibility index (Phi) is 6.36. The monoisotopic (exact) mass is 363 g/mol. The van der Waals surface area contributed by atoms with E-state index in [9.17, 15) is 9.59 Å². The summed E-state index contributed by atoms with van der Waals surface area (Å²) in [6, 6.07) is 17.7. The van der Waals surface area contributed by atoms with Crippen LogP contribution >= 0.6 is 0 Å². The van der Waals surface area contributed by atoms with Crippen molar-refractivity contribution in [3.05, 3.63) is 65.7 Å². The van der Waals surface area contributed by atoms with Crippen molar-refractivity contribution < 1.29 is 9.59 Å². The third kappa shape index (κ3) is 4.82. The molecule has 2 aromatic carbocycles. The molecule has 0 spiro atoms. The largest absolute Gasteiger partial charge is 0.312 e. The van der Waals surface area contributed by atoms with Crippen LogP contribution in [0.25, 0.3) is 0 Å². The summed E-state index contributed by atoms with van der Waals surface area (Å²) in [5.41, 5.74) is 6.57. The van der Waals surface area contributed by atoms with Crippen molar-refractivity contribution in [3.63, 3.8) is 0 Å². The summed E-state index contributed by atoms with van der Waals surface area (Å²) in [5.74, 6) is -0.254. The predicted molar refractivity (Wildman–Crippen MR) is 108 cm³/mol. The second-order valence-electron chi connectivity index (χ2n) is 6.59. The summed E-state index contributed by atoms with van der Waals surface area (Å²) < 4.78 is 0. The lowest BCUT2D eigenvalue weighted by molar-refractivity contribution is -0.125. The number of fused-ring (bicyclic) bond motifs is 1. The average Bonchev–Trinajstić information content (AvgIpc) is 2.73. The molecule has 0 fully saturated rings. The van der Waals surface area contributed by atoms with Crippen LogP contribution in [0.3, 0.4) is 0 Å². The number of anilines is 1. The van der Waals surface area contributed by atoms with Crippen molar-refractivity contribution in [2.75, 3.05) is 11.4 Å². The van der Waals surface area contributed by atoms with Gasteiger partial charge in [-0.2, -0.15) is 5.10 Å². The lowest BCUT2D eigenvalue weighted by Crippen LogP contribution is -2.36. The number of benzene rings is 2. The van der Waals surface area contributed by atoms with Crippen LogP contribution < -0.4 is 10.3 Å². The zero-order valence-corrected chi connectivity index (χ0v) is 15.6. The topological polar surface area (TPSA) is 61.8 Å². The number of rotatable bonds is 6. The molecule has 2 aromatic rings. The van der Waals surface area contributed by atoms with Gasteiger partial charge in [0.05, 0.1) is 5.71 Å². The van der Waals surface area contributed by atoms with E-state index in [2.05, 4.69) is 16.6 Å². The van der Waals surface area contributed by atoms with Crippen LogP contribution in [0.4, 0.5) is 5.69 Å². The fraction of sp³-hybridized carbons (Fsp3) is 0.318. The Hall–Kier alpha value is -2.95. The molecule has 1 aliphatic rings. The van der Waals surface area contributed by atoms with Gasteiger partial charge in [-0.3, -0.25) is 9.59 Å². The molecule has 2 amide bonds. The maximum Gasteiger partial charge on any atom is 0.240 e. The molecule has 140 valence electrons. The molecule has 5 heteroatoms. The van der Waals surface area contributed by atoms with Gasteiger partial charge in [-0.05, 0) is 36.5 Å². The number of carbonyl (C=O) groups is 2. The van der Waals surface area contributed by atoms with Gasteiger partial charge in [0.1, 0.15) is 0 Å². The molecule has 0 bridgehead atoms. The third-order valence-corrected chi connectivity index (χ3v) is 4.73. The first kappa shape index (κ1) is 18.8. The highest BCUT2D eigenvalue weighted by atomic mass is 16.2. The van der Waals surface area contributed by atoms with Gasteiger partial charge in [0.15, 0.2) is 0 Å². The number of amides is 2. The second-order valence-corrected chi connectivity index (χ2v) is 6.59. The Morgan fingerprint density at radius 3 is 2.56 bits per heavy atom. The number of carbonyl (C=O) groups excluding carboxylic acids is 2. The first-order chi connectivity index (χ1) is 13.2. The van der Waals surface area contributed by atoms with E-state index in [0.29, 0.717) is 13.0 Å². The molecule has 1 aliphatic heterocycles. The normalized spacial score (nSPS) is 13.8. The molecular formula is C22H25N3O2. The summed E-state index contributed by atoms with van der Waals surface area (Å²) in [5, 5.41) is 4.23. The average molecular weight is 363 g/mol. The first-order valence-electron chi connectivity index (χ1n) is 9.48. The van der Waals surface area contributed by atoms with Crippen molar-refractivity contribution in [1.82, 2.24) is 5.43 Å². The van der Waals surface area contributed by atoms with Crippen molar-refractivity contribution >= 4 is 23.2 Å². The van der Waals surface area contributed by atoms with Gasteiger partial charge in [0.2, 0.25) is 11.8 Å². The van der Waals surface area contributed by atoms with Crippen LogP contribution in [0.15, 0.2) is 59.7 Å². The van der Waals surface area contributed by atoms with E-state index < -0.39 is 0 Å². The summed E-state index contributed by atoms with van der Waals surface area (Å²) in [7, 11) is 0. The predicted octanol–water partition coefficient (Wildman–Crippen LogP) is 3.68. The molecule has 3 rings (SSSR count). The molecule has 1 N–H and O–H groups in total. The van der Waals surface area contributed by atoms with Crippen LogP contribution in [0.5, 0.6) is 0 Å². The summed E-state index contributed by atoms with van der Waals surface area (Å²) >= 11 is 0. The minimum absolute atomic E-state index is 0.0138. The number of hydrazone groups is 1. The van der Waals surface area contributed by atoms with Gasteiger partial charge in [-0.25, -0.2) is 5.43 Å². The highest BCUT2D eigenvalue weighted by Gasteiger charge is 2.22. The fourth-order valence-electron chi connectivity index (χ4n) is 3.31. The highest BCUT2D eigenvalue weighted by molar-refractivity contribution is 6.01. The van der Waals surface area contributed by atoms with E-state index in [1.165, 1.54) is 5.56 Å². The van der Waals surface area contributed by atoms with Crippen LogP contribution in [0.1, 0.15) is 43.7 Å². The molecule has 0 saturated carbocycles. The van der Waals surface area contributed by atoms with E-state index in [0.717, 1.165) is 29.8 Å². The number of hydrogen-bond donors (Lipinski definition) is 1. The maximum absolute atomic E-state index is 12.6. The van der Waals surface area contributed by atoms with Crippen molar-refractivity contribution in [2.24, 2.45) is 5.10 Å². The molecule has 27 heavy (non-hydrogen) atoms. The lowest BCUT2D eigenvalue weighted by Gasteiger charge is -2.29. The Labute approximate surface area is 160 Å². The summed E-state index contributed by atoms with van der Waals surface area (Å²) in [4.78, 5) is 26.5. The van der Waals surface area contributed by atoms with Crippen LogP contribution in [-0.4, -0.2) is 24.1 Å². The fourth-order valence-corrected chi connectivity index (χ4v) is 3.31. The Bertz CT molecular complexity index is 830. The van der Waals surface area contributed by atoms with Crippen LogP contribution in [-0.2, 0) is 16.0 Å². The molecule has 0 aliphatic carbocycles. The van der Waals surface area contributed by atoms with Crippen LogP contribution in [0.2, 0.25) is 0 Å². The van der Waals surface area contributed by atoms with E-state index >= 15 is 0 Å². The van der Waals surface area contributed by atoms with Crippen molar-refractivity contribution in [1.29, 1.82) is 0 Å². The Balaban J connectivity index is 1.55. The third-order valence-electron chi connectivity index (χ3n) is 4.73. The quantitative estimate of drug-likeness (QED) is 0.629. The summed E-state index contributed by atoms with van der Waals surface area (Å²) in [6.45, 7) is 2.71. The van der Waals surface area contributed by atoms with E-state index in [1.807, 2.05) is 55.5 Å². The van der Waals surface area contributed by atoms with Gasteiger partial charge in [-0.15, -0.1) is 0 Å². The van der Waals surface area contributed by atoms with Gasteiger partial charge < -0.3 is 4.90 Å². The molecule has 1 heterocycles. The minimum atomic E-state index is -0.240. The molecular weight excluding hydrogens is 338 g/mol. The number of nitrogens with one attached hydrogen (secondary N) is 1. The molecule has 0 aromatic heterocycles. The van der Waals surface area contributed by atoms with Crippen molar-refractivity contribution in [2.45, 2.75) is 39.0 Å². The number of nitrogens with zero attached hydrogens (tertiary/aromatic N) is 2. The Morgan fingerprint density at radius 1 is 1.04 bits per heavy atom. The molecule has 0 saturated heterocycles. The lowest BCUT2D eigenvalue weighted by atomic mass is 10.0. The molecule has 0 atom stereocenters. The van der Waals surface area contributed by atoms with Gasteiger partial charge >= 0.3 is 0 Å². The maximum atomic E-state index is 12.6. The number of para-hydroxylation sites is 1. The van der Waals surface area contributed by atoms with Crippen molar-refractivity contribution in [3.8, 4) is 0 Å². The zero-order chi connectivity index (χ0) is 19.1. The number of hydrogen-bond acceptors (Lipinski definition) is 3. The summed E-state index contributed by atoms with van der Waals surface area (Å²) in [6.07, 6.45) is 2.98. The minimum Gasteiger partial charge on any atom is -0.312 e. The first-order valence-corrected chi connectivity index (χ1v) is 9.48. The smallest absolute Gasteiger partial charge is 0.240 e. The number of aryl methyl sites for hydroxylation is 1. The van der Waals surface area contributed by atoms with Crippen LogP contribution in [0, 0.1) is 0 Å². The molecule has 0 radical (unpaired) electrons. The van der Waals surface area contributed by atoms with E-state index in [1.54, 1.807) is 4.90 Å². The standard InChI is InChI=1S/C22H25N3O2/c1-2-19(17-9-4-3-5-10-17)23-24-21(26)14-15-22(27)25-16-8-12-18-11-6-7-13-20(18)25/h3-7,9-11,13H,2,8,12,14-16H2,1H3,(H,24,26). The van der Waals surface area contributed by atoms with Gasteiger partial charge in [0, 0.05) is 25.1 Å². The molecule has 5 nitrogen and oxygen atoms in total. The zero-order valence-electron chi connectivity index (χ0n) is 15.6. The second kappa shape index (κ2) is 9.12. The Morgan fingerprint density at radius 2 is 1.78 bits per heavy atom. The molecule has 0 unspecified atom stereocenters.